The summed E-state index contributed by atoms with van der Waals surface area (Å²) in [5, 5.41) is 0.533. The van der Waals surface area contributed by atoms with Gasteiger partial charge in [0.25, 0.3) is 0 Å². The minimum Gasteiger partial charge on any atom is -0.496 e. The van der Waals surface area contributed by atoms with Gasteiger partial charge in [0.1, 0.15) is 5.75 Å². The van der Waals surface area contributed by atoms with Crippen molar-refractivity contribution in [2.45, 2.75) is 0 Å². The molecule has 0 radical (unpaired) electrons. The Kier molecular flexibility index (Phi) is 3.28. The fourth-order valence-corrected chi connectivity index (χ4v) is 1.17. The Hall–Kier alpha value is -1.06. The van der Waals surface area contributed by atoms with Crippen molar-refractivity contribution < 1.29 is 9.53 Å². The molecule has 0 saturated carbocycles. The Bertz CT molecular complexity index is 325. The van der Waals surface area contributed by atoms with E-state index in [0.717, 1.165) is 0 Å². The summed E-state index contributed by atoms with van der Waals surface area (Å²) in [5.41, 5.74) is 5.69. The predicted octanol–water partition coefficient (Wildman–Crippen LogP) is 1.49. The van der Waals surface area contributed by atoms with Gasteiger partial charge in [0.05, 0.1) is 19.2 Å². The Morgan fingerprint density at radius 2 is 2.31 bits per heavy atom. The standard InChI is InChI=1S/C9H10ClNO2/c1-13-9-4-6(10)2-3-7(9)8(12)5-11/h2-4H,5,11H2,1H3. The summed E-state index contributed by atoms with van der Waals surface area (Å²) in [6.45, 7) is -0.0298. The lowest BCUT2D eigenvalue weighted by Gasteiger charge is -2.06. The van der Waals surface area contributed by atoms with Crippen LogP contribution < -0.4 is 10.5 Å². The third kappa shape index (κ3) is 2.20. The van der Waals surface area contributed by atoms with Gasteiger partial charge < -0.3 is 10.5 Å². The monoisotopic (exact) mass is 199 g/mol. The van der Waals surface area contributed by atoms with Crippen LogP contribution in [0.25, 0.3) is 0 Å². The van der Waals surface area contributed by atoms with E-state index < -0.39 is 0 Å². The Balaban J connectivity index is 3.13. The number of benzene rings is 1. The number of hydrogen-bond acceptors (Lipinski definition) is 3. The Labute approximate surface area is 81.4 Å². The maximum Gasteiger partial charge on any atom is 0.180 e. The van der Waals surface area contributed by atoms with E-state index in [1.807, 2.05) is 0 Å². The van der Waals surface area contributed by atoms with Crippen molar-refractivity contribution in [3.63, 3.8) is 0 Å². The number of nitrogens with two attached hydrogens (primary N) is 1. The predicted molar refractivity (Wildman–Crippen MR) is 51.4 cm³/mol. The van der Waals surface area contributed by atoms with Gasteiger partial charge in [-0.2, -0.15) is 0 Å². The molecule has 0 aliphatic rings. The van der Waals surface area contributed by atoms with Crippen molar-refractivity contribution in [2.24, 2.45) is 5.73 Å². The second-order valence-corrected chi connectivity index (χ2v) is 2.91. The highest BCUT2D eigenvalue weighted by Gasteiger charge is 2.10. The molecular formula is C9H10ClNO2. The van der Waals surface area contributed by atoms with Crippen molar-refractivity contribution in [1.82, 2.24) is 0 Å². The molecule has 2 N–H and O–H groups in total. The number of halogens is 1. The first kappa shape index (κ1) is 10.0. The van der Waals surface area contributed by atoms with Gasteiger partial charge in [-0.25, -0.2) is 0 Å². The highest BCUT2D eigenvalue weighted by atomic mass is 35.5. The fraction of sp³-hybridized carbons (Fsp3) is 0.222. The van der Waals surface area contributed by atoms with Crippen LogP contribution in [0.3, 0.4) is 0 Å². The van der Waals surface area contributed by atoms with Crippen LogP contribution >= 0.6 is 11.6 Å². The average Bonchev–Trinajstić information content (AvgIpc) is 2.16. The molecule has 0 aromatic heterocycles. The molecule has 1 rings (SSSR count). The summed E-state index contributed by atoms with van der Waals surface area (Å²) in [5.74, 6) is 0.302. The summed E-state index contributed by atoms with van der Waals surface area (Å²) in [6.07, 6.45) is 0. The quantitative estimate of drug-likeness (QED) is 0.751. The summed E-state index contributed by atoms with van der Waals surface area (Å²) in [4.78, 5) is 11.3. The molecule has 70 valence electrons. The van der Waals surface area contributed by atoms with E-state index in [2.05, 4.69) is 0 Å². The number of carbonyl (C=O) groups is 1. The zero-order valence-corrected chi connectivity index (χ0v) is 7.97. The maximum atomic E-state index is 11.3. The zero-order valence-electron chi connectivity index (χ0n) is 7.21. The van der Waals surface area contributed by atoms with Crippen LogP contribution in [-0.2, 0) is 0 Å². The maximum absolute atomic E-state index is 11.3. The van der Waals surface area contributed by atoms with Crippen molar-refractivity contribution >= 4 is 17.4 Å². The third-order valence-electron chi connectivity index (χ3n) is 1.65. The number of carbonyl (C=O) groups excluding carboxylic acids is 1. The van der Waals surface area contributed by atoms with Crippen molar-refractivity contribution in [3.8, 4) is 5.75 Å². The molecule has 13 heavy (non-hydrogen) atoms. The molecule has 0 aliphatic carbocycles. The minimum absolute atomic E-state index is 0.0298. The third-order valence-corrected chi connectivity index (χ3v) is 1.88. The molecule has 0 amide bonds. The number of ketones is 1. The SMILES string of the molecule is COc1cc(Cl)ccc1C(=O)CN. The first-order valence-corrected chi connectivity index (χ1v) is 4.13. The number of rotatable bonds is 3. The Morgan fingerprint density at radius 1 is 1.62 bits per heavy atom. The summed E-state index contributed by atoms with van der Waals surface area (Å²) >= 11 is 5.72. The van der Waals surface area contributed by atoms with E-state index in [1.165, 1.54) is 7.11 Å². The topological polar surface area (TPSA) is 52.3 Å². The summed E-state index contributed by atoms with van der Waals surface area (Å²) in [6, 6.07) is 4.83. The molecule has 4 heteroatoms. The van der Waals surface area contributed by atoms with E-state index in [-0.39, 0.29) is 12.3 Å². The average molecular weight is 200 g/mol. The number of Topliss-reactive ketones (excluding diaryl/α,β-unsaturated/α-hetero) is 1. The van der Waals surface area contributed by atoms with Crippen LogP contribution in [-0.4, -0.2) is 19.4 Å². The second kappa shape index (κ2) is 4.25. The van der Waals surface area contributed by atoms with Crippen molar-refractivity contribution in [3.05, 3.63) is 28.8 Å². The van der Waals surface area contributed by atoms with Gasteiger partial charge in [0.2, 0.25) is 0 Å². The van der Waals surface area contributed by atoms with E-state index in [0.29, 0.717) is 16.3 Å². The van der Waals surface area contributed by atoms with Crippen LogP contribution in [0.5, 0.6) is 5.75 Å². The van der Waals surface area contributed by atoms with Crippen LogP contribution in [0.1, 0.15) is 10.4 Å². The Morgan fingerprint density at radius 3 is 2.85 bits per heavy atom. The van der Waals surface area contributed by atoms with E-state index in [4.69, 9.17) is 22.1 Å². The van der Waals surface area contributed by atoms with Crippen LogP contribution in [0.2, 0.25) is 5.02 Å². The molecule has 0 aliphatic heterocycles. The van der Waals surface area contributed by atoms with Crippen LogP contribution in [0.4, 0.5) is 0 Å². The van der Waals surface area contributed by atoms with Gasteiger partial charge in [-0.3, -0.25) is 4.79 Å². The largest absolute Gasteiger partial charge is 0.496 e. The van der Waals surface area contributed by atoms with Crippen LogP contribution in [0.15, 0.2) is 18.2 Å². The summed E-state index contributed by atoms with van der Waals surface area (Å²) in [7, 11) is 1.49. The van der Waals surface area contributed by atoms with Crippen LogP contribution in [0, 0.1) is 0 Å². The van der Waals surface area contributed by atoms with Gasteiger partial charge >= 0.3 is 0 Å². The molecule has 0 saturated heterocycles. The lowest BCUT2D eigenvalue weighted by Crippen LogP contribution is -2.14. The highest BCUT2D eigenvalue weighted by Crippen LogP contribution is 2.23. The molecule has 1 aromatic rings. The molecular weight excluding hydrogens is 190 g/mol. The molecule has 0 heterocycles. The highest BCUT2D eigenvalue weighted by molar-refractivity contribution is 6.30. The normalized spacial score (nSPS) is 9.77. The lowest BCUT2D eigenvalue weighted by molar-refractivity contribution is 0.0998. The molecule has 0 bridgehead atoms. The van der Waals surface area contributed by atoms with E-state index in [1.54, 1.807) is 18.2 Å². The summed E-state index contributed by atoms with van der Waals surface area (Å²) < 4.78 is 4.99. The van der Waals surface area contributed by atoms with Gasteiger partial charge in [-0.15, -0.1) is 0 Å². The number of methoxy groups -OCH3 is 1. The molecule has 0 unspecified atom stereocenters. The van der Waals surface area contributed by atoms with Gasteiger partial charge in [-0.05, 0) is 18.2 Å². The van der Waals surface area contributed by atoms with E-state index >= 15 is 0 Å². The molecule has 3 nitrogen and oxygen atoms in total. The second-order valence-electron chi connectivity index (χ2n) is 2.47. The van der Waals surface area contributed by atoms with E-state index in [9.17, 15) is 4.79 Å². The lowest BCUT2D eigenvalue weighted by atomic mass is 10.1. The van der Waals surface area contributed by atoms with Gasteiger partial charge in [0, 0.05) is 5.02 Å². The zero-order chi connectivity index (χ0) is 9.84. The molecule has 0 atom stereocenters. The van der Waals surface area contributed by atoms with Gasteiger partial charge in [0.15, 0.2) is 5.78 Å². The molecule has 0 spiro atoms. The first-order valence-electron chi connectivity index (χ1n) is 3.76. The number of hydrogen-bond donors (Lipinski definition) is 1. The van der Waals surface area contributed by atoms with Crippen molar-refractivity contribution in [2.75, 3.05) is 13.7 Å². The number of ether oxygens (including phenoxy) is 1. The fourth-order valence-electron chi connectivity index (χ4n) is 1.01. The van der Waals surface area contributed by atoms with Gasteiger partial charge in [-0.1, -0.05) is 11.6 Å². The minimum atomic E-state index is -0.159. The molecule has 0 fully saturated rings. The van der Waals surface area contributed by atoms with Crippen molar-refractivity contribution in [1.29, 1.82) is 0 Å². The smallest absolute Gasteiger partial charge is 0.180 e. The first-order chi connectivity index (χ1) is 6.19. The molecule has 1 aromatic carbocycles.